The molecule has 0 bridgehead atoms. The van der Waals surface area contributed by atoms with E-state index in [4.69, 9.17) is 4.74 Å². The molecular weight excluding hydrogens is 374 g/mol. The highest BCUT2D eigenvalue weighted by Crippen LogP contribution is 2.20. The highest BCUT2D eigenvalue weighted by molar-refractivity contribution is 7.14. The van der Waals surface area contributed by atoms with Gasteiger partial charge in [0.1, 0.15) is 0 Å². The second kappa shape index (κ2) is 7.97. The lowest BCUT2D eigenvalue weighted by Gasteiger charge is -2.26. The van der Waals surface area contributed by atoms with Crippen LogP contribution in [-0.2, 0) is 25.5 Å². The molecule has 144 valence electrons. The molecular formula is C17H19N3O6S. The molecule has 0 saturated carbocycles. The van der Waals surface area contributed by atoms with E-state index in [0.717, 1.165) is 21.1 Å². The lowest BCUT2D eigenvalue weighted by atomic mass is 10.2. The van der Waals surface area contributed by atoms with Crippen molar-refractivity contribution in [2.45, 2.75) is 13.3 Å². The number of morpholine rings is 1. The number of likely N-dealkylation sites (N-methyl/N-ethyl adjacent to an activating group) is 1. The molecule has 3 heterocycles. The molecule has 3 rings (SSSR count). The summed E-state index contributed by atoms with van der Waals surface area (Å²) in [6.45, 7) is 3.30. The first-order chi connectivity index (χ1) is 12.9. The van der Waals surface area contributed by atoms with Crippen LogP contribution in [0, 0.1) is 0 Å². The first-order valence-electron chi connectivity index (χ1n) is 8.57. The van der Waals surface area contributed by atoms with E-state index in [1.54, 1.807) is 24.0 Å². The number of ether oxygens (including phenoxy) is 1. The quantitative estimate of drug-likeness (QED) is 0.387. The fraction of sp³-hybridized carbons (Fsp3) is 0.471. The fourth-order valence-corrected chi connectivity index (χ4v) is 3.82. The van der Waals surface area contributed by atoms with Crippen LogP contribution in [0.15, 0.2) is 12.1 Å². The van der Waals surface area contributed by atoms with Gasteiger partial charge in [-0.1, -0.05) is 0 Å². The zero-order chi connectivity index (χ0) is 19.6. The number of Topliss-reactive ketones (excluding diaryl/α,β-unsaturated/α-hetero) is 1. The zero-order valence-electron chi connectivity index (χ0n) is 14.8. The van der Waals surface area contributed by atoms with Gasteiger partial charge in [0.05, 0.1) is 31.1 Å². The number of urea groups is 1. The minimum absolute atomic E-state index is 0.0340. The number of hydrogen-bond donors (Lipinski definition) is 0. The summed E-state index contributed by atoms with van der Waals surface area (Å²) in [4.78, 5) is 64.6. The van der Waals surface area contributed by atoms with E-state index in [2.05, 4.69) is 0 Å². The number of carbonyl (C=O) groups is 5. The molecule has 1 aromatic heterocycles. The maximum absolute atomic E-state index is 12.4. The summed E-state index contributed by atoms with van der Waals surface area (Å²) >= 11 is 1.15. The van der Waals surface area contributed by atoms with Gasteiger partial charge in [0.2, 0.25) is 5.91 Å². The summed E-state index contributed by atoms with van der Waals surface area (Å²) in [5.41, 5.74) is 0. The Morgan fingerprint density at radius 1 is 1.07 bits per heavy atom. The molecule has 2 saturated heterocycles. The Morgan fingerprint density at radius 2 is 1.74 bits per heavy atom. The van der Waals surface area contributed by atoms with Crippen LogP contribution in [0.1, 0.15) is 21.5 Å². The van der Waals surface area contributed by atoms with Crippen LogP contribution in [0.25, 0.3) is 0 Å². The molecule has 5 amide bonds. The minimum atomic E-state index is -0.991. The van der Waals surface area contributed by atoms with Gasteiger partial charge >= 0.3 is 17.8 Å². The van der Waals surface area contributed by atoms with Crippen LogP contribution >= 0.6 is 11.3 Å². The Morgan fingerprint density at radius 3 is 2.37 bits per heavy atom. The van der Waals surface area contributed by atoms with Crippen LogP contribution in [0.4, 0.5) is 4.79 Å². The van der Waals surface area contributed by atoms with Gasteiger partial charge < -0.3 is 9.64 Å². The molecule has 2 aliphatic heterocycles. The minimum Gasteiger partial charge on any atom is -0.378 e. The Labute approximate surface area is 159 Å². The van der Waals surface area contributed by atoms with Gasteiger partial charge in [-0.25, -0.2) is 9.69 Å². The average molecular weight is 393 g/mol. The van der Waals surface area contributed by atoms with Crippen molar-refractivity contribution in [2.24, 2.45) is 0 Å². The van der Waals surface area contributed by atoms with Crippen molar-refractivity contribution in [3.05, 3.63) is 21.9 Å². The first-order valence-corrected chi connectivity index (χ1v) is 9.38. The molecule has 27 heavy (non-hydrogen) atoms. The van der Waals surface area contributed by atoms with E-state index in [-0.39, 0.29) is 18.9 Å². The molecule has 0 spiro atoms. The molecule has 10 heteroatoms. The van der Waals surface area contributed by atoms with Crippen molar-refractivity contribution < 1.29 is 28.7 Å². The smallest absolute Gasteiger partial charge is 0.334 e. The number of hydrogen-bond acceptors (Lipinski definition) is 7. The number of thiophene rings is 1. The van der Waals surface area contributed by atoms with Gasteiger partial charge in [-0.05, 0) is 19.1 Å². The predicted molar refractivity (Wildman–Crippen MR) is 94.2 cm³/mol. The van der Waals surface area contributed by atoms with E-state index in [0.29, 0.717) is 36.1 Å². The number of rotatable bonds is 6. The van der Waals surface area contributed by atoms with Crippen molar-refractivity contribution >= 4 is 40.9 Å². The van der Waals surface area contributed by atoms with E-state index in [1.807, 2.05) is 0 Å². The maximum Gasteiger partial charge on any atom is 0.334 e. The summed E-state index contributed by atoms with van der Waals surface area (Å²) < 4.78 is 5.22. The van der Waals surface area contributed by atoms with Gasteiger partial charge in [0, 0.05) is 24.5 Å². The van der Waals surface area contributed by atoms with Crippen LogP contribution in [-0.4, -0.2) is 83.6 Å². The second-order valence-corrected chi connectivity index (χ2v) is 7.25. The maximum atomic E-state index is 12.4. The summed E-state index contributed by atoms with van der Waals surface area (Å²) in [5, 5.41) is 0. The van der Waals surface area contributed by atoms with Crippen molar-refractivity contribution in [1.29, 1.82) is 0 Å². The highest BCUT2D eigenvalue weighted by atomic mass is 32.1. The summed E-state index contributed by atoms with van der Waals surface area (Å²) in [6.07, 6.45) is 0.182. The van der Waals surface area contributed by atoms with Gasteiger partial charge in [-0.3, -0.25) is 24.1 Å². The number of nitrogens with zero attached hydrogens (tertiary/aromatic N) is 3. The largest absolute Gasteiger partial charge is 0.378 e. The molecule has 2 fully saturated rings. The van der Waals surface area contributed by atoms with Crippen molar-refractivity contribution in [3.8, 4) is 0 Å². The third kappa shape index (κ3) is 3.91. The molecule has 0 aromatic carbocycles. The van der Waals surface area contributed by atoms with Gasteiger partial charge in [-0.2, -0.15) is 0 Å². The molecule has 0 aliphatic carbocycles. The highest BCUT2D eigenvalue weighted by Gasteiger charge is 2.44. The number of ketones is 1. The molecule has 2 aliphatic rings. The lowest BCUT2D eigenvalue weighted by molar-refractivity contribution is -0.143. The number of carbonyl (C=O) groups excluding carboxylic acids is 5. The monoisotopic (exact) mass is 393 g/mol. The van der Waals surface area contributed by atoms with Crippen LogP contribution in [0.3, 0.4) is 0 Å². The normalized spacial score (nSPS) is 17.8. The molecule has 9 nitrogen and oxygen atoms in total. The molecule has 0 atom stereocenters. The number of amides is 5. The Hall–Kier alpha value is -2.59. The van der Waals surface area contributed by atoms with Crippen molar-refractivity contribution in [1.82, 2.24) is 14.7 Å². The molecule has 1 aromatic rings. The topological polar surface area (TPSA) is 104 Å². The number of imide groups is 2. The van der Waals surface area contributed by atoms with Gasteiger partial charge in [-0.15, -0.1) is 11.3 Å². The van der Waals surface area contributed by atoms with E-state index >= 15 is 0 Å². The van der Waals surface area contributed by atoms with Crippen LogP contribution < -0.4 is 0 Å². The SMILES string of the molecule is CCN1C(=O)C(=O)N(CC(=O)c2ccc(CC(=O)N3CCOCC3)s2)C1=O. The second-order valence-electron chi connectivity index (χ2n) is 6.08. The molecule has 0 N–H and O–H groups in total. The lowest BCUT2D eigenvalue weighted by Crippen LogP contribution is -2.41. The fourth-order valence-electron chi connectivity index (χ4n) is 2.89. The summed E-state index contributed by atoms with van der Waals surface area (Å²) in [5.74, 6) is -2.39. The van der Waals surface area contributed by atoms with Crippen LogP contribution in [0.5, 0.6) is 0 Å². The van der Waals surface area contributed by atoms with Gasteiger partial charge in [0.15, 0.2) is 5.78 Å². The average Bonchev–Trinajstić information content (AvgIpc) is 3.21. The summed E-state index contributed by atoms with van der Waals surface area (Å²) in [7, 11) is 0. The Bertz CT molecular complexity index is 798. The van der Waals surface area contributed by atoms with Crippen molar-refractivity contribution in [3.63, 3.8) is 0 Å². The predicted octanol–water partition coefficient (Wildman–Crippen LogP) is 0.143. The van der Waals surface area contributed by atoms with Gasteiger partial charge in [0.25, 0.3) is 0 Å². The van der Waals surface area contributed by atoms with Crippen LogP contribution in [0.2, 0.25) is 0 Å². The third-order valence-electron chi connectivity index (χ3n) is 4.38. The standard InChI is InChI=1S/C17H19N3O6S/c1-2-19-15(23)16(24)20(17(19)25)10-12(21)13-4-3-11(27-13)9-14(22)18-5-7-26-8-6-18/h3-4H,2,5-10H2,1H3. The molecule has 0 radical (unpaired) electrons. The first kappa shape index (κ1) is 19.2. The third-order valence-corrected chi connectivity index (χ3v) is 5.51. The van der Waals surface area contributed by atoms with E-state index in [9.17, 15) is 24.0 Å². The van der Waals surface area contributed by atoms with E-state index in [1.165, 1.54) is 0 Å². The Kier molecular flexibility index (Phi) is 5.66. The van der Waals surface area contributed by atoms with Crippen molar-refractivity contribution in [2.75, 3.05) is 39.4 Å². The Balaban J connectivity index is 1.61. The zero-order valence-corrected chi connectivity index (χ0v) is 15.6. The molecule has 0 unspecified atom stereocenters. The summed E-state index contributed by atoms with van der Waals surface area (Å²) in [6, 6.07) is 2.48. The van der Waals surface area contributed by atoms with E-state index < -0.39 is 30.2 Å².